The third-order valence-electron chi connectivity index (χ3n) is 5.49. The lowest BCUT2D eigenvalue weighted by Crippen LogP contribution is -2.56. The maximum atomic E-state index is 10.9. The Bertz CT molecular complexity index is 634. The third-order valence-corrected chi connectivity index (χ3v) is 5.49. The summed E-state index contributed by atoms with van der Waals surface area (Å²) < 4.78 is 0. The highest BCUT2D eigenvalue weighted by Crippen LogP contribution is 2.32. The molecule has 7 nitrogen and oxygen atoms in total. The van der Waals surface area contributed by atoms with Crippen LogP contribution < -0.4 is 10.6 Å². The first kappa shape index (κ1) is 17.7. The Labute approximate surface area is 148 Å². The average Bonchev–Trinajstić information content (AvgIpc) is 2.59. The van der Waals surface area contributed by atoms with Gasteiger partial charge in [0.1, 0.15) is 0 Å². The van der Waals surface area contributed by atoms with Crippen molar-refractivity contribution in [1.29, 1.82) is 0 Å². The number of benzene rings is 1. The lowest BCUT2D eigenvalue weighted by molar-refractivity contribution is -0.384. The van der Waals surface area contributed by atoms with Crippen LogP contribution in [0.5, 0.6) is 0 Å². The van der Waals surface area contributed by atoms with Gasteiger partial charge in [-0.15, -0.1) is 0 Å². The first-order valence-corrected chi connectivity index (χ1v) is 8.99. The van der Waals surface area contributed by atoms with Gasteiger partial charge in [0.05, 0.1) is 4.92 Å². The minimum atomic E-state index is -0.367. The Morgan fingerprint density at radius 1 is 1.36 bits per heavy atom. The number of hydrogen-bond acceptors (Lipinski definition) is 4. The van der Waals surface area contributed by atoms with Crippen LogP contribution in [0.2, 0.25) is 0 Å². The van der Waals surface area contributed by atoms with Crippen LogP contribution in [0.4, 0.5) is 5.69 Å². The number of nitrogens with one attached hydrogen (secondary N) is 2. The van der Waals surface area contributed by atoms with E-state index in [9.17, 15) is 10.1 Å². The average molecular weight is 345 g/mol. The number of rotatable bonds is 4. The molecule has 1 aromatic rings. The molecule has 2 fully saturated rings. The molecule has 1 aromatic carbocycles. The van der Waals surface area contributed by atoms with Crippen LogP contribution >= 0.6 is 0 Å². The van der Waals surface area contributed by atoms with Crippen molar-refractivity contribution < 1.29 is 4.92 Å². The van der Waals surface area contributed by atoms with E-state index in [2.05, 4.69) is 27.6 Å². The molecule has 0 aromatic heterocycles. The van der Waals surface area contributed by atoms with Crippen molar-refractivity contribution in [2.75, 3.05) is 14.1 Å². The maximum Gasteiger partial charge on any atom is 0.269 e. The van der Waals surface area contributed by atoms with Gasteiger partial charge < -0.3 is 15.5 Å². The van der Waals surface area contributed by atoms with E-state index in [4.69, 9.17) is 0 Å². The molecule has 2 aliphatic rings. The van der Waals surface area contributed by atoms with Crippen molar-refractivity contribution >= 4 is 11.6 Å². The molecule has 2 atom stereocenters. The number of fused-ring (bicyclic) bond motifs is 2. The second kappa shape index (κ2) is 7.82. The molecule has 136 valence electrons. The number of piperidine rings is 2. The summed E-state index contributed by atoms with van der Waals surface area (Å²) >= 11 is 0. The molecular formula is C18H27N5O2. The van der Waals surface area contributed by atoms with E-state index < -0.39 is 0 Å². The quantitative estimate of drug-likeness (QED) is 0.379. The number of nitrogens with zero attached hydrogens (tertiary/aromatic N) is 3. The van der Waals surface area contributed by atoms with Crippen LogP contribution in [0.1, 0.15) is 37.7 Å². The second-order valence-electron chi connectivity index (χ2n) is 7.07. The van der Waals surface area contributed by atoms with Gasteiger partial charge in [-0.05, 0) is 38.3 Å². The molecule has 0 spiro atoms. The topological polar surface area (TPSA) is 82.8 Å². The van der Waals surface area contributed by atoms with Gasteiger partial charge >= 0.3 is 0 Å². The minimum Gasteiger partial charge on any atom is -0.354 e. The number of nitro groups is 1. The standard InChI is InChI=1S/C18H27N5O2/c1-19-18(20-12-13-5-3-8-17(9-13)23(24)25)21-14-10-15-6-4-7-16(11-14)22(15)2/h3,5,8-9,14-16H,4,6-7,10-12H2,1-2H3,(H2,19,20,21). The van der Waals surface area contributed by atoms with Crippen molar-refractivity contribution in [3.05, 3.63) is 39.9 Å². The van der Waals surface area contributed by atoms with Gasteiger partial charge in [-0.3, -0.25) is 15.1 Å². The van der Waals surface area contributed by atoms with E-state index in [1.165, 1.54) is 25.3 Å². The molecule has 25 heavy (non-hydrogen) atoms. The van der Waals surface area contributed by atoms with Crippen molar-refractivity contribution in [3.8, 4) is 0 Å². The molecule has 7 heteroatoms. The number of non-ortho nitro benzene ring substituents is 1. The summed E-state index contributed by atoms with van der Waals surface area (Å²) in [7, 11) is 4.01. The second-order valence-corrected chi connectivity index (χ2v) is 7.07. The van der Waals surface area contributed by atoms with Gasteiger partial charge in [-0.2, -0.15) is 0 Å². The minimum absolute atomic E-state index is 0.116. The maximum absolute atomic E-state index is 10.9. The van der Waals surface area contributed by atoms with Gasteiger partial charge in [-0.1, -0.05) is 18.6 Å². The summed E-state index contributed by atoms with van der Waals surface area (Å²) in [6.07, 6.45) is 6.19. The summed E-state index contributed by atoms with van der Waals surface area (Å²) in [5, 5.41) is 17.7. The zero-order chi connectivity index (χ0) is 17.8. The summed E-state index contributed by atoms with van der Waals surface area (Å²) in [5.41, 5.74) is 0.989. The largest absolute Gasteiger partial charge is 0.354 e. The fourth-order valence-electron chi connectivity index (χ4n) is 4.09. The Hall–Kier alpha value is -2.15. The Kier molecular flexibility index (Phi) is 5.53. The molecule has 0 amide bonds. The van der Waals surface area contributed by atoms with E-state index in [1.54, 1.807) is 19.2 Å². The van der Waals surface area contributed by atoms with Gasteiger partial charge in [0.25, 0.3) is 5.69 Å². The normalized spacial score (nSPS) is 27.0. The fourth-order valence-corrected chi connectivity index (χ4v) is 4.09. The molecule has 2 saturated heterocycles. The van der Waals surface area contributed by atoms with Gasteiger partial charge in [-0.25, -0.2) is 0 Å². The number of hydrogen-bond donors (Lipinski definition) is 2. The summed E-state index contributed by atoms with van der Waals surface area (Å²) in [6, 6.07) is 8.47. The lowest BCUT2D eigenvalue weighted by atomic mass is 9.82. The summed E-state index contributed by atoms with van der Waals surface area (Å²) in [5.74, 6) is 0.763. The van der Waals surface area contributed by atoms with Crippen LogP contribution in [0.25, 0.3) is 0 Å². The molecule has 0 aliphatic carbocycles. The molecule has 2 bridgehead atoms. The van der Waals surface area contributed by atoms with Crippen molar-refractivity contribution in [3.63, 3.8) is 0 Å². The Balaban J connectivity index is 1.55. The Morgan fingerprint density at radius 2 is 2.08 bits per heavy atom. The van der Waals surface area contributed by atoms with Gasteiger partial charge in [0.15, 0.2) is 5.96 Å². The van der Waals surface area contributed by atoms with Crippen LogP contribution in [-0.2, 0) is 6.54 Å². The van der Waals surface area contributed by atoms with E-state index in [1.807, 2.05) is 6.07 Å². The monoisotopic (exact) mass is 345 g/mol. The first-order chi connectivity index (χ1) is 12.1. The first-order valence-electron chi connectivity index (χ1n) is 8.99. The zero-order valence-corrected chi connectivity index (χ0v) is 14.9. The predicted molar refractivity (Wildman–Crippen MR) is 98.6 cm³/mol. The summed E-state index contributed by atoms with van der Waals surface area (Å²) in [4.78, 5) is 17.4. The van der Waals surface area contributed by atoms with E-state index in [0.717, 1.165) is 24.4 Å². The smallest absolute Gasteiger partial charge is 0.269 e. The SMILES string of the molecule is CN=C(NCc1cccc([N+](=O)[O-])c1)NC1CC2CCCC(C1)N2C. The molecule has 2 unspecified atom stereocenters. The third kappa shape index (κ3) is 4.28. The van der Waals surface area contributed by atoms with Crippen LogP contribution in [0.15, 0.2) is 29.3 Å². The van der Waals surface area contributed by atoms with Crippen LogP contribution in [-0.4, -0.2) is 48.0 Å². The zero-order valence-electron chi connectivity index (χ0n) is 14.9. The van der Waals surface area contributed by atoms with Crippen LogP contribution in [0.3, 0.4) is 0 Å². The number of guanidine groups is 1. The van der Waals surface area contributed by atoms with Crippen molar-refractivity contribution in [2.24, 2.45) is 4.99 Å². The highest BCUT2D eigenvalue weighted by atomic mass is 16.6. The molecule has 2 N–H and O–H groups in total. The summed E-state index contributed by atoms with van der Waals surface area (Å²) in [6.45, 7) is 0.515. The highest BCUT2D eigenvalue weighted by Gasteiger charge is 2.36. The molecule has 3 rings (SSSR count). The molecule has 2 heterocycles. The molecular weight excluding hydrogens is 318 g/mol. The number of nitro benzene ring substituents is 1. The lowest BCUT2D eigenvalue weighted by Gasteiger charge is -2.47. The van der Waals surface area contributed by atoms with E-state index in [0.29, 0.717) is 24.7 Å². The number of aliphatic imine (C=N–C) groups is 1. The molecule has 2 aliphatic heterocycles. The molecule has 0 saturated carbocycles. The highest BCUT2D eigenvalue weighted by molar-refractivity contribution is 5.80. The van der Waals surface area contributed by atoms with Gasteiger partial charge in [0, 0.05) is 43.9 Å². The van der Waals surface area contributed by atoms with E-state index >= 15 is 0 Å². The Morgan fingerprint density at radius 3 is 2.72 bits per heavy atom. The van der Waals surface area contributed by atoms with Crippen molar-refractivity contribution in [2.45, 2.75) is 56.8 Å². The molecule has 0 radical (unpaired) electrons. The van der Waals surface area contributed by atoms with Gasteiger partial charge in [0.2, 0.25) is 0 Å². The predicted octanol–water partition coefficient (Wildman–Crippen LogP) is 2.28. The van der Waals surface area contributed by atoms with Crippen LogP contribution in [0, 0.1) is 10.1 Å². The fraction of sp³-hybridized carbons (Fsp3) is 0.611. The van der Waals surface area contributed by atoms with E-state index in [-0.39, 0.29) is 10.6 Å². The van der Waals surface area contributed by atoms with Crippen molar-refractivity contribution in [1.82, 2.24) is 15.5 Å².